The van der Waals surface area contributed by atoms with Gasteiger partial charge in [0.05, 0.1) is 28.3 Å². The third-order valence-electron chi connectivity index (χ3n) is 7.56. The molecule has 1 saturated heterocycles. The van der Waals surface area contributed by atoms with E-state index in [1.807, 2.05) is 48.5 Å². The first-order valence-corrected chi connectivity index (χ1v) is 14.0. The molecule has 2 aliphatic rings. The molecular formula is C31H28Cl2N2O4. The van der Waals surface area contributed by atoms with E-state index in [2.05, 4.69) is 10.1 Å². The van der Waals surface area contributed by atoms with Crippen LogP contribution in [0.4, 0.5) is 5.69 Å². The topological polar surface area (TPSA) is 75.8 Å². The van der Waals surface area contributed by atoms with Crippen molar-refractivity contribution in [2.75, 3.05) is 18.0 Å². The number of rotatable bonds is 8. The van der Waals surface area contributed by atoms with Crippen molar-refractivity contribution >= 4 is 34.9 Å². The van der Waals surface area contributed by atoms with E-state index in [9.17, 15) is 9.90 Å². The maximum absolute atomic E-state index is 11.9. The maximum Gasteiger partial charge on any atom is 0.336 e. The fourth-order valence-electron chi connectivity index (χ4n) is 5.30. The molecule has 2 fully saturated rings. The number of hydrogen-bond acceptors (Lipinski definition) is 5. The van der Waals surface area contributed by atoms with Crippen LogP contribution in [0, 0.1) is 0 Å². The number of nitrogens with zero attached hydrogens (tertiary/aromatic N) is 2. The number of carbonyl (C=O) groups is 1. The Hall–Kier alpha value is -3.32. The molecule has 0 unspecified atom stereocenters. The first-order chi connectivity index (χ1) is 19.0. The average Bonchev–Trinajstić information content (AvgIpc) is 3.72. The molecule has 1 N–H and O–H groups in total. The van der Waals surface area contributed by atoms with Gasteiger partial charge in [0.1, 0.15) is 11.5 Å². The summed E-state index contributed by atoms with van der Waals surface area (Å²) in [6.07, 6.45) is 3.97. The molecule has 39 heavy (non-hydrogen) atoms. The largest absolute Gasteiger partial charge is 0.478 e. The fourth-order valence-corrected chi connectivity index (χ4v) is 5.88. The van der Waals surface area contributed by atoms with Crippen molar-refractivity contribution < 1.29 is 19.2 Å². The molecule has 2 heterocycles. The maximum atomic E-state index is 11.9. The van der Waals surface area contributed by atoms with Gasteiger partial charge >= 0.3 is 5.97 Å². The van der Waals surface area contributed by atoms with Gasteiger partial charge in [-0.05, 0) is 67.1 Å². The fraction of sp³-hybridized carbons (Fsp3) is 0.290. The van der Waals surface area contributed by atoms with Crippen LogP contribution in [-0.4, -0.2) is 35.4 Å². The Morgan fingerprint density at radius 3 is 2.36 bits per heavy atom. The normalized spacial score (nSPS) is 16.0. The smallest absolute Gasteiger partial charge is 0.336 e. The third kappa shape index (κ3) is 5.42. The van der Waals surface area contributed by atoms with E-state index in [-0.39, 0.29) is 6.10 Å². The van der Waals surface area contributed by atoms with Gasteiger partial charge in [-0.15, -0.1) is 0 Å². The van der Waals surface area contributed by atoms with E-state index in [1.54, 1.807) is 18.2 Å². The van der Waals surface area contributed by atoms with Crippen molar-refractivity contribution in [2.45, 2.75) is 44.3 Å². The monoisotopic (exact) mass is 562 g/mol. The highest BCUT2D eigenvalue weighted by molar-refractivity contribution is 6.39. The van der Waals surface area contributed by atoms with Crippen LogP contribution >= 0.6 is 23.2 Å². The molecule has 8 heteroatoms. The van der Waals surface area contributed by atoms with Crippen molar-refractivity contribution in [2.24, 2.45) is 0 Å². The Morgan fingerprint density at radius 1 is 0.974 bits per heavy atom. The summed E-state index contributed by atoms with van der Waals surface area (Å²) in [5.41, 5.74) is 5.22. The highest BCUT2D eigenvalue weighted by Gasteiger charge is 2.34. The molecule has 200 valence electrons. The van der Waals surface area contributed by atoms with Crippen molar-refractivity contribution in [1.82, 2.24) is 5.16 Å². The Balaban J connectivity index is 1.16. The standard InChI is InChI=1S/C31H28Cl2N2O4/c32-26-7-4-8-27(33)28(26)29-25(30(39-34-29)20-9-10-20)18-38-22-13-15-35(16-14-22)21-11-12-23(31(36)37)24(17-21)19-5-2-1-3-6-19/h1-8,11-12,17,20,22H,9-10,13-16,18H2,(H,36,37). The van der Waals surface area contributed by atoms with Gasteiger partial charge in [0, 0.05) is 35.8 Å². The number of carboxylic acid groups (broad SMARTS) is 1. The van der Waals surface area contributed by atoms with Gasteiger partial charge in [0.15, 0.2) is 0 Å². The number of hydrogen-bond donors (Lipinski definition) is 1. The lowest BCUT2D eigenvalue weighted by molar-refractivity contribution is 0.0246. The summed E-state index contributed by atoms with van der Waals surface area (Å²) in [7, 11) is 0. The van der Waals surface area contributed by atoms with Crippen LogP contribution in [0.5, 0.6) is 0 Å². The zero-order valence-corrected chi connectivity index (χ0v) is 22.8. The first-order valence-electron chi connectivity index (χ1n) is 13.2. The third-order valence-corrected chi connectivity index (χ3v) is 8.19. The van der Waals surface area contributed by atoms with E-state index in [4.69, 9.17) is 32.5 Å². The summed E-state index contributed by atoms with van der Waals surface area (Å²) in [5.74, 6) is 0.329. The number of anilines is 1. The Morgan fingerprint density at radius 2 is 1.69 bits per heavy atom. The lowest BCUT2D eigenvalue weighted by atomic mass is 9.98. The lowest BCUT2D eigenvalue weighted by Crippen LogP contribution is -2.37. The molecule has 1 aliphatic carbocycles. The van der Waals surface area contributed by atoms with Crippen LogP contribution in [0.25, 0.3) is 22.4 Å². The van der Waals surface area contributed by atoms with Gasteiger partial charge in [0.25, 0.3) is 0 Å². The van der Waals surface area contributed by atoms with Gasteiger partial charge < -0.3 is 19.3 Å². The van der Waals surface area contributed by atoms with Crippen molar-refractivity contribution in [3.8, 4) is 22.4 Å². The summed E-state index contributed by atoms with van der Waals surface area (Å²) in [5, 5.41) is 15.2. The van der Waals surface area contributed by atoms with Crippen LogP contribution in [0.1, 0.15) is 53.3 Å². The number of ether oxygens (including phenoxy) is 1. The second-order valence-electron chi connectivity index (χ2n) is 10.1. The van der Waals surface area contributed by atoms with Crippen LogP contribution in [0.3, 0.4) is 0 Å². The second-order valence-corrected chi connectivity index (χ2v) is 11.0. The quantitative estimate of drug-likeness (QED) is 0.234. The van der Waals surface area contributed by atoms with Gasteiger partial charge in [-0.3, -0.25) is 0 Å². The minimum absolute atomic E-state index is 0.0876. The lowest BCUT2D eigenvalue weighted by Gasteiger charge is -2.34. The van der Waals surface area contributed by atoms with Crippen LogP contribution in [0.2, 0.25) is 10.0 Å². The summed E-state index contributed by atoms with van der Waals surface area (Å²) >= 11 is 13.0. The van der Waals surface area contributed by atoms with Gasteiger partial charge in [-0.2, -0.15) is 0 Å². The predicted molar refractivity (Wildman–Crippen MR) is 153 cm³/mol. The Kier molecular flexibility index (Phi) is 7.34. The average molecular weight is 563 g/mol. The molecule has 6 nitrogen and oxygen atoms in total. The van der Waals surface area contributed by atoms with Gasteiger partial charge in [-0.25, -0.2) is 4.79 Å². The molecule has 0 radical (unpaired) electrons. The number of aromatic nitrogens is 1. The molecule has 4 aromatic rings. The van der Waals surface area contributed by atoms with Crippen molar-refractivity contribution in [1.29, 1.82) is 0 Å². The van der Waals surface area contributed by atoms with E-state index in [0.29, 0.717) is 39.4 Å². The second kappa shape index (κ2) is 11.0. The highest BCUT2D eigenvalue weighted by Crippen LogP contribution is 2.46. The summed E-state index contributed by atoms with van der Waals surface area (Å²) in [6, 6.07) is 20.7. The van der Waals surface area contributed by atoms with E-state index in [1.165, 1.54) is 0 Å². The molecule has 3 aromatic carbocycles. The molecule has 0 atom stereocenters. The Labute approximate surface area is 237 Å². The van der Waals surface area contributed by atoms with E-state index < -0.39 is 5.97 Å². The molecule has 6 rings (SSSR count). The van der Waals surface area contributed by atoms with Gasteiger partial charge in [-0.1, -0.05) is 64.8 Å². The molecule has 1 aromatic heterocycles. The highest BCUT2D eigenvalue weighted by atomic mass is 35.5. The van der Waals surface area contributed by atoms with Crippen LogP contribution in [-0.2, 0) is 11.3 Å². The predicted octanol–water partition coefficient (Wildman–Crippen LogP) is 8.08. The van der Waals surface area contributed by atoms with E-state index in [0.717, 1.165) is 66.9 Å². The Bertz CT molecular complexity index is 1470. The number of benzene rings is 3. The number of carboxylic acids is 1. The summed E-state index contributed by atoms with van der Waals surface area (Å²) in [6.45, 7) is 2.02. The molecule has 1 saturated carbocycles. The van der Waals surface area contributed by atoms with E-state index >= 15 is 0 Å². The number of halogens is 2. The zero-order chi connectivity index (χ0) is 26.9. The molecule has 0 spiro atoms. The summed E-state index contributed by atoms with van der Waals surface area (Å²) in [4.78, 5) is 14.2. The minimum atomic E-state index is -0.927. The molecule has 1 aliphatic heterocycles. The molecule has 0 bridgehead atoms. The summed E-state index contributed by atoms with van der Waals surface area (Å²) < 4.78 is 12.2. The number of piperidine rings is 1. The minimum Gasteiger partial charge on any atom is -0.478 e. The van der Waals surface area contributed by atoms with Gasteiger partial charge in [0.2, 0.25) is 0 Å². The molecule has 0 amide bonds. The zero-order valence-electron chi connectivity index (χ0n) is 21.3. The SMILES string of the molecule is O=C(O)c1ccc(N2CCC(OCc3c(-c4c(Cl)cccc4Cl)noc3C3CC3)CC2)cc1-c1ccccc1. The first kappa shape index (κ1) is 25.9. The van der Waals surface area contributed by atoms with Crippen LogP contribution < -0.4 is 4.90 Å². The van der Waals surface area contributed by atoms with Crippen molar-refractivity contribution in [3.63, 3.8) is 0 Å². The molecular weight excluding hydrogens is 535 g/mol. The van der Waals surface area contributed by atoms with Crippen molar-refractivity contribution in [3.05, 3.63) is 93.7 Å². The number of aromatic carboxylic acids is 1. The van der Waals surface area contributed by atoms with Crippen LogP contribution in [0.15, 0.2) is 71.3 Å².